The third kappa shape index (κ3) is 4.40. The molecule has 0 saturated heterocycles. The minimum Gasteiger partial charge on any atom is -0.396 e. The van der Waals surface area contributed by atoms with Crippen molar-refractivity contribution < 1.29 is 5.11 Å². The molecule has 0 unspecified atom stereocenters. The Labute approximate surface area is 63.5 Å². The second-order valence-corrected chi connectivity index (χ2v) is 3.21. The van der Waals surface area contributed by atoms with Crippen LogP contribution in [-0.4, -0.2) is 11.7 Å². The van der Waals surface area contributed by atoms with Crippen molar-refractivity contribution in [3.63, 3.8) is 0 Å². The van der Waals surface area contributed by atoms with Gasteiger partial charge in [0, 0.05) is 19.4 Å². The number of hydrogen-bond acceptors (Lipinski definition) is 1. The van der Waals surface area contributed by atoms with Gasteiger partial charge in [0.15, 0.2) is 0 Å². The average Bonchev–Trinajstić information content (AvgIpc) is 1.89. The minimum atomic E-state index is -0.0256. The summed E-state index contributed by atoms with van der Waals surface area (Å²) in [5.74, 6) is 5.99. The lowest BCUT2D eigenvalue weighted by Gasteiger charge is -2.16. The van der Waals surface area contributed by atoms with Gasteiger partial charge in [0.2, 0.25) is 0 Å². The Morgan fingerprint density at radius 2 is 1.90 bits per heavy atom. The maximum atomic E-state index is 8.83. The highest BCUT2D eigenvalue weighted by molar-refractivity contribution is 5.00. The van der Waals surface area contributed by atoms with Crippen molar-refractivity contribution in [3.8, 4) is 11.8 Å². The summed E-state index contributed by atoms with van der Waals surface area (Å²) in [6.07, 6.45) is 1.69. The molecule has 0 aromatic rings. The molecule has 0 saturated carbocycles. The summed E-state index contributed by atoms with van der Waals surface area (Å²) >= 11 is 0. The standard InChI is InChI=1S/C9H16O/c1-4-5-6-7-9(2,3)8-10/h10H,4,7-8H2,1-3H3. The Kier molecular flexibility index (Phi) is 4.14. The van der Waals surface area contributed by atoms with Crippen molar-refractivity contribution in [1.29, 1.82) is 0 Å². The van der Waals surface area contributed by atoms with Gasteiger partial charge < -0.3 is 5.11 Å². The molecule has 1 heteroatoms. The van der Waals surface area contributed by atoms with E-state index in [1.54, 1.807) is 0 Å². The first kappa shape index (κ1) is 9.52. The zero-order chi connectivity index (χ0) is 8.04. The summed E-state index contributed by atoms with van der Waals surface area (Å²) in [4.78, 5) is 0. The van der Waals surface area contributed by atoms with Gasteiger partial charge in [-0.25, -0.2) is 0 Å². The lowest BCUT2D eigenvalue weighted by Crippen LogP contribution is -2.15. The largest absolute Gasteiger partial charge is 0.396 e. The summed E-state index contributed by atoms with van der Waals surface area (Å²) < 4.78 is 0. The molecule has 0 bridgehead atoms. The molecular weight excluding hydrogens is 124 g/mol. The second kappa shape index (κ2) is 4.35. The van der Waals surface area contributed by atoms with Gasteiger partial charge in [-0.15, -0.1) is 11.8 Å². The topological polar surface area (TPSA) is 20.2 Å². The summed E-state index contributed by atoms with van der Waals surface area (Å²) in [6.45, 7) is 6.26. The highest BCUT2D eigenvalue weighted by Crippen LogP contribution is 2.17. The molecule has 0 heterocycles. The van der Waals surface area contributed by atoms with Crippen molar-refractivity contribution in [2.24, 2.45) is 5.41 Å². The maximum Gasteiger partial charge on any atom is 0.0491 e. The maximum absolute atomic E-state index is 8.83. The van der Waals surface area contributed by atoms with Gasteiger partial charge in [0.1, 0.15) is 0 Å². The van der Waals surface area contributed by atoms with Gasteiger partial charge in [-0.3, -0.25) is 0 Å². The van der Waals surface area contributed by atoms with Crippen LogP contribution in [0.3, 0.4) is 0 Å². The normalized spacial score (nSPS) is 10.4. The molecule has 1 N–H and O–H groups in total. The van der Waals surface area contributed by atoms with E-state index in [-0.39, 0.29) is 12.0 Å². The smallest absolute Gasteiger partial charge is 0.0491 e. The van der Waals surface area contributed by atoms with E-state index in [0.717, 1.165) is 12.8 Å². The van der Waals surface area contributed by atoms with E-state index in [1.807, 2.05) is 20.8 Å². The lowest BCUT2D eigenvalue weighted by atomic mass is 9.91. The first-order valence-electron chi connectivity index (χ1n) is 3.69. The van der Waals surface area contributed by atoms with Crippen LogP contribution in [0.15, 0.2) is 0 Å². The van der Waals surface area contributed by atoms with Gasteiger partial charge in [-0.1, -0.05) is 20.8 Å². The van der Waals surface area contributed by atoms with Crippen molar-refractivity contribution >= 4 is 0 Å². The predicted octanol–water partition coefficient (Wildman–Crippen LogP) is 1.81. The van der Waals surface area contributed by atoms with Gasteiger partial charge >= 0.3 is 0 Å². The van der Waals surface area contributed by atoms with Crippen LogP contribution >= 0.6 is 0 Å². The Morgan fingerprint density at radius 3 is 2.30 bits per heavy atom. The number of aliphatic hydroxyl groups excluding tert-OH is 1. The molecule has 10 heavy (non-hydrogen) atoms. The lowest BCUT2D eigenvalue weighted by molar-refractivity contribution is 0.164. The summed E-state index contributed by atoms with van der Waals surface area (Å²) in [5, 5.41) is 8.83. The average molecular weight is 140 g/mol. The molecule has 0 aliphatic rings. The minimum absolute atomic E-state index is 0.0256. The van der Waals surface area contributed by atoms with Gasteiger partial charge in [-0.05, 0) is 5.41 Å². The van der Waals surface area contributed by atoms with E-state index < -0.39 is 0 Å². The Bertz CT molecular complexity index is 137. The molecule has 0 radical (unpaired) electrons. The first-order valence-corrected chi connectivity index (χ1v) is 3.69. The summed E-state index contributed by atoms with van der Waals surface area (Å²) in [5.41, 5.74) is -0.0256. The van der Waals surface area contributed by atoms with E-state index in [2.05, 4.69) is 11.8 Å². The van der Waals surface area contributed by atoms with E-state index in [0.29, 0.717) is 0 Å². The second-order valence-electron chi connectivity index (χ2n) is 3.21. The molecule has 0 amide bonds. The Morgan fingerprint density at radius 1 is 1.30 bits per heavy atom. The molecule has 0 spiro atoms. The molecule has 1 nitrogen and oxygen atoms in total. The highest BCUT2D eigenvalue weighted by atomic mass is 16.3. The van der Waals surface area contributed by atoms with Crippen LogP contribution in [-0.2, 0) is 0 Å². The zero-order valence-corrected chi connectivity index (χ0v) is 7.07. The van der Waals surface area contributed by atoms with E-state index in [1.165, 1.54) is 0 Å². The predicted molar refractivity (Wildman–Crippen MR) is 43.6 cm³/mol. The van der Waals surface area contributed by atoms with E-state index in [4.69, 9.17) is 5.11 Å². The number of aliphatic hydroxyl groups is 1. The van der Waals surface area contributed by atoms with Crippen molar-refractivity contribution in [3.05, 3.63) is 0 Å². The summed E-state index contributed by atoms with van der Waals surface area (Å²) in [6, 6.07) is 0. The van der Waals surface area contributed by atoms with Crippen molar-refractivity contribution in [2.45, 2.75) is 33.6 Å². The van der Waals surface area contributed by atoms with Crippen molar-refractivity contribution in [1.82, 2.24) is 0 Å². The van der Waals surface area contributed by atoms with Crippen molar-refractivity contribution in [2.75, 3.05) is 6.61 Å². The highest BCUT2D eigenvalue weighted by Gasteiger charge is 2.13. The Balaban J connectivity index is 3.66. The molecule has 0 aliphatic carbocycles. The van der Waals surface area contributed by atoms with Gasteiger partial charge in [0.05, 0.1) is 0 Å². The van der Waals surface area contributed by atoms with Crippen LogP contribution < -0.4 is 0 Å². The number of hydrogen-bond donors (Lipinski definition) is 1. The van der Waals surface area contributed by atoms with Gasteiger partial charge in [0.25, 0.3) is 0 Å². The molecule has 0 rings (SSSR count). The van der Waals surface area contributed by atoms with E-state index in [9.17, 15) is 0 Å². The summed E-state index contributed by atoms with van der Waals surface area (Å²) in [7, 11) is 0. The third-order valence-corrected chi connectivity index (χ3v) is 1.30. The quantitative estimate of drug-likeness (QED) is 0.580. The fraction of sp³-hybridized carbons (Fsp3) is 0.778. The van der Waals surface area contributed by atoms with Crippen LogP contribution in [0.2, 0.25) is 0 Å². The molecule has 0 aliphatic heterocycles. The SMILES string of the molecule is CCC#CCC(C)(C)CO. The van der Waals surface area contributed by atoms with Crippen LogP contribution in [0, 0.1) is 17.3 Å². The fourth-order valence-corrected chi connectivity index (χ4v) is 0.483. The van der Waals surface area contributed by atoms with E-state index >= 15 is 0 Å². The molecule has 0 aromatic heterocycles. The monoisotopic (exact) mass is 140 g/mol. The molecule has 0 atom stereocenters. The molecule has 58 valence electrons. The van der Waals surface area contributed by atoms with Crippen LogP contribution in [0.5, 0.6) is 0 Å². The molecule has 0 aromatic carbocycles. The van der Waals surface area contributed by atoms with Gasteiger partial charge in [-0.2, -0.15) is 0 Å². The molecule has 0 fully saturated rings. The van der Waals surface area contributed by atoms with Crippen LogP contribution in [0.4, 0.5) is 0 Å². The zero-order valence-electron chi connectivity index (χ0n) is 7.07. The fourth-order valence-electron chi connectivity index (χ4n) is 0.483. The van der Waals surface area contributed by atoms with Crippen LogP contribution in [0.1, 0.15) is 33.6 Å². The van der Waals surface area contributed by atoms with Crippen LogP contribution in [0.25, 0.3) is 0 Å². The first-order chi connectivity index (χ1) is 4.62. The molecular formula is C9H16O. The Hall–Kier alpha value is -0.480. The number of rotatable bonds is 2. The third-order valence-electron chi connectivity index (χ3n) is 1.30.